The Morgan fingerprint density at radius 2 is 1.96 bits per heavy atom. The number of Topliss-reactive ketones (excluding diaryl/α,β-unsaturated/α-hetero) is 1. The van der Waals surface area contributed by atoms with E-state index in [1.54, 1.807) is 0 Å². The van der Waals surface area contributed by atoms with E-state index in [1.807, 2.05) is 13.8 Å². The molecule has 3 aliphatic rings. The maximum Gasteiger partial charge on any atom is 0.314 e. The van der Waals surface area contributed by atoms with Crippen molar-refractivity contribution in [2.24, 2.45) is 22.7 Å². The highest BCUT2D eigenvalue weighted by Crippen LogP contribution is 2.66. The minimum atomic E-state index is -1.17. The second-order valence-corrected chi connectivity index (χ2v) is 8.97. The third-order valence-corrected chi connectivity index (χ3v) is 8.12. The van der Waals surface area contributed by atoms with Crippen LogP contribution in [0.1, 0.15) is 65.7 Å². The van der Waals surface area contributed by atoms with Crippen LogP contribution in [0.5, 0.6) is 0 Å². The smallest absolute Gasteiger partial charge is 0.314 e. The zero-order valence-corrected chi connectivity index (χ0v) is 16.4. The van der Waals surface area contributed by atoms with E-state index < -0.39 is 16.4 Å². The summed E-state index contributed by atoms with van der Waals surface area (Å²) in [5.41, 5.74) is -0.755. The van der Waals surface area contributed by atoms with Gasteiger partial charge in [-0.05, 0) is 63.4 Å². The van der Waals surface area contributed by atoms with Gasteiger partial charge in [0.25, 0.3) is 0 Å². The van der Waals surface area contributed by atoms with Crippen molar-refractivity contribution in [1.82, 2.24) is 0 Å². The van der Waals surface area contributed by atoms with Crippen LogP contribution in [0.2, 0.25) is 0 Å². The largest absolute Gasteiger partial charge is 0.469 e. The van der Waals surface area contributed by atoms with Crippen LogP contribution in [-0.2, 0) is 14.3 Å². The van der Waals surface area contributed by atoms with Gasteiger partial charge in [0.1, 0.15) is 0 Å². The lowest BCUT2D eigenvalue weighted by molar-refractivity contribution is -0.244. The Bertz CT molecular complexity index is 653. The summed E-state index contributed by atoms with van der Waals surface area (Å²) < 4.78 is 5.08. The number of hydrogen-bond donors (Lipinski definition) is 2. The van der Waals surface area contributed by atoms with E-state index in [1.165, 1.54) is 7.11 Å². The van der Waals surface area contributed by atoms with E-state index >= 15 is 0 Å². The Morgan fingerprint density at radius 3 is 2.58 bits per heavy atom. The molecule has 0 saturated heterocycles. The van der Waals surface area contributed by atoms with E-state index in [4.69, 9.17) is 4.74 Å². The molecule has 2 N–H and O–H groups in total. The van der Waals surface area contributed by atoms with Gasteiger partial charge in [-0.15, -0.1) is 0 Å². The van der Waals surface area contributed by atoms with Crippen LogP contribution in [0.4, 0.5) is 0 Å². The number of methoxy groups -OCH3 is 1. The van der Waals surface area contributed by atoms with E-state index in [0.29, 0.717) is 25.7 Å². The number of carbonyl (C=O) groups is 2. The monoisotopic (exact) mass is 364 g/mol. The lowest BCUT2D eigenvalue weighted by Crippen LogP contribution is -2.68. The molecule has 0 radical (unpaired) electrons. The summed E-state index contributed by atoms with van der Waals surface area (Å²) in [5.74, 6) is 0.00774. The first-order valence-corrected chi connectivity index (χ1v) is 9.81. The summed E-state index contributed by atoms with van der Waals surface area (Å²) in [4.78, 5) is 25.4. The highest BCUT2D eigenvalue weighted by Gasteiger charge is 2.69. The Hall–Kier alpha value is -1.20. The number of carbonyl (C=O) groups excluding carboxylic acids is 2. The van der Waals surface area contributed by atoms with Gasteiger partial charge in [-0.1, -0.05) is 18.9 Å². The number of fused-ring (bicyclic) bond motifs is 3. The summed E-state index contributed by atoms with van der Waals surface area (Å²) in [6.45, 7) is 5.90. The molecule has 0 spiro atoms. The van der Waals surface area contributed by atoms with E-state index in [-0.39, 0.29) is 30.2 Å². The molecule has 2 fully saturated rings. The van der Waals surface area contributed by atoms with Crippen LogP contribution in [-0.4, -0.2) is 41.3 Å². The van der Waals surface area contributed by atoms with Crippen molar-refractivity contribution in [3.63, 3.8) is 0 Å². The third kappa shape index (κ3) is 2.36. The predicted molar refractivity (Wildman–Crippen MR) is 97.3 cm³/mol. The molecule has 0 aliphatic heterocycles. The average Bonchev–Trinajstić information content (AvgIpc) is 2.60. The van der Waals surface area contributed by atoms with Gasteiger partial charge in [0.2, 0.25) is 0 Å². The number of hydrogen-bond acceptors (Lipinski definition) is 5. The first kappa shape index (κ1) is 19.6. The molecule has 2 saturated carbocycles. The summed E-state index contributed by atoms with van der Waals surface area (Å²) in [5, 5.41) is 21.2. The van der Waals surface area contributed by atoms with Crippen LogP contribution in [0.25, 0.3) is 0 Å². The molecular weight excluding hydrogens is 332 g/mol. The number of ketones is 1. The first-order valence-electron chi connectivity index (χ1n) is 9.81. The van der Waals surface area contributed by atoms with Crippen LogP contribution < -0.4 is 0 Å². The molecule has 5 nitrogen and oxygen atoms in total. The van der Waals surface area contributed by atoms with Crippen molar-refractivity contribution in [2.45, 2.75) is 71.3 Å². The Labute approximate surface area is 155 Å². The van der Waals surface area contributed by atoms with Crippen LogP contribution in [0.15, 0.2) is 11.1 Å². The second-order valence-electron chi connectivity index (χ2n) is 8.97. The quantitative estimate of drug-likeness (QED) is 0.753. The number of esters is 1. The summed E-state index contributed by atoms with van der Waals surface area (Å²) in [7, 11) is 1.38. The van der Waals surface area contributed by atoms with Gasteiger partial charge in [0, 0.05) is 18.4 Å². The van der Waals surface area contributed by atoms with Crippen molar-refractivity contribution in [3.8, 4) is 0 Å². The molecule has 0 amide bonds. The molecule has 3 aliphatic carbocycles. The van der Waals surface area contributed by atoms with E-state index in [9.17, 15) is 19.8 Å². The minimum absolute atomic E-state index is 0.0165. The van der Waals surface area contributed by atoms with Crippen LogP contribution >= 0.6 is 0 Å². The molecule has 0 aromatic rings. The van der Waals surface area contributed by atoms with Gasteiger partial charge >= 0.3 is 5.97 Å². The predicted octanol–water partition coefficient (Wildman–Crippen LogP) is 2.78. The topological polar surface area (TPSA) is 83.8 Å². The number of aliphatic hydroxyl groups excluding tert-OH is 1. The second kappa shape index (κ2) is 6.45. The first-order chi connectivity index (χ1) is 12.2. The van der Waals surface area contributed by atoms with Gasteiger partial charge in [0.05, 0.1) is 18.1 Å². The highest BCUT2D eigenvalue weighted by atomic mass is 16.5. The van der Waals surface area contributed by atoms with Crippen molar-refractivity contribution < 1.29 is 24.5 Å². The molecule has 5 unspecified atom stereocenters. The van der Waals surface area contributed by atoms with Gasteiger partial charge in [-0.3, -0.25) is 9.59 Å². The molecule has 0 aromatic heterocycles. The number of ether oxygens (including phenoxy) is 1. The van der Waals surface area contributed by atoms with E-state index in [0.717, 1.165) is 30.4 Å². The fraction of sp³-hybridized carbons (Fsp3) is 0.810. The number of aliphatic hydroxyl groups is 2. The van der Waals surface area contributed by atoms with Crippen LogP contribution in [0.3, 0.4) is 0 Å². The lowest BCUT2D eigenvalue weighted by Gasteiger charge is -2.64. The van der Waals surface area contributed by atoms with Gasteiger partial charge in [-0.2, -0.15) is 0 Å². The van der Waals surface area contributed by atoms with Gasteiger partial charge in [0.15, 0.2) is 5.78 Å². The number of allylic oxidation sites excluding steroid dienone is 1. The Morgan fingerprint density at radius 1 is 1.27 bits per heavy atom. The zero-order valence-electron chi connectivity index (χ0n) is 16.4. The van der Waals surface area contributed by atoms with Gasteiger partial charge in [-0.25, -0.2) is 0 Å². The minimum Gasteiger partial charge on any atom is -0.469 e. The third-order valence-electron chi connectivity index (χ3n) is 8.12. The lowest BCUT2D eigenvalue weighted by atomic mass is 9.41. The standard InChI is InChI=1S/C21H32O5/c1-13-14-6-10-21(25)19(2,8-5-9-20(21,3)18(24)26-4)16(14)12-17(23)15(13)7-11-22/h14,16,22,25H,5-12H2,1-4H3. The SMILES string of the molecule is COC(=O)C1(C)CCCC2(C)C3CC(=O)C(CCO)=C(C)C3CCC12O. The molecular formula is C21H32O5. The molecule has 0 aromatic carbocycles. The van der Waals surface area contributed by atoms with Crippen molar-refractivity contribution in [3.05, 3.63) is 11.1 Å². The molecule has 0 bridgehead atoms. The number of rotatable bonds is 3. The molecule has 3 rings (SSSR count). The summed E-state index contributed by atoms with van der Waals surface area (Å²) in [6.07, 6.45) is 4.37. The Kier molecular flexibility index (Phi) is 4.85. The molecule has 5 heteroatoms. The zero-order chi connectivity index (χ0) is 19.3. The van der Waals surface area contributed by atoms with Crippen molar-refractivity contribution in [1.29, 1.82) is 0 Å². The van der Waals surface area contributed by atoms with E-state index in [2.05, 4.69) is 6.92 Å². The highest BCUT2D eigenvalue weighted by molar-refractivity contribution is 5.97. The fourth-order valence-electron chi connectivity index (χ4n) is 6.51. The van der Waals surface area contributed by atoms with Crippen molar-refractivity contribution in [2.75, 3.05) is 13.7 Å². The normalized spacial score (nSPS) is 42.9. The average molecular weight is 364 g/mol. The fourth-order valence-corrected chi connectivity index (χ4v) is 6.51. The maximum absolute atomic E-state index is 12.8. The summed E-state index contributed by atoms with van der Waals surface area (Å²) in [6, 6.07) is 0. The maximum atomic E-state index is 12.8. The molecule has 26 heavy (non-hydrogen) atoms. The molecule has 5 atom stereocenters. The molecule has 146 valence electrons. The van der Waals surface area contributed by atoms with Crippen LogP contribution in [0, 0.1) is 22.7 Å². The summed E-state index contributed by atoms with van der Waals surface area (Å²) >= 11 is 0. The Balaban J connectivity index is 2.06. The van der Waals surface area contributed by atoms with Gasteiger partial charge < -0.3 is 14.9 Å². The molecule has 0 heterocycles. The van der Waals surface area contributed by atoms with Crippen molar-refractivity contribution >= 4 is 11.8 Å².